The molecule has 2 aliphatic rings. The second kappa shape index (κ2) is 6.58. The Morgan fingerprint density at radius 3 is 2.44 bits per heavy atom. The predicted octanol–water partition coefficient (Wildman–Crippen LogP) is 3.01. The van der Waals surface area contributed by atoms with E-state index in [0.717, 1.165) is 23.9 Å². The molecule has 2 saturated heterocycles. The van der Waals surface area contributed by atoms with Crippen LogP contribution in [0, 0.1) is 0 Å². The highest BCUT2D eigenvalue weighted by atomic mass is 32.2. The normalized spacial score (nSPS) is 21.2. The Kier molecular flexibility index (Phi) is 4.63. The smallest absolute Gasteiger partial charge is 0.322 e. The van der Waals surface area contributed by atoms with Crippen molar-refractivity contribution in [3.8, 4) is 0 Å². The highest BCUT2D eigenvalue weighted by Gasteiger charge is 2.40. The zero-order valence-corrected chi connectivity index (χ0v) is 13.7. The van der Waals surface area contributed by atoms with Gasteiger partial charge in [-0.05, 0) is 30.7 Å². The number of carbonyl (C=O) groups excluding carboxylic acids is 3. The van der Waals surface area contributed by atoms with E-state index in [9.17, 15) is 27.6 Å². The monoisotopic (exact) mass is 373 g/mol. The fourth-order valence-electron chi connectivity index (χ4n) is 2.80. The molecule has 25 heavy (non-hydrogen) atoms. The van der Waals surface area contributed by atoms with E-state index in [-0.39, 0.29) is 35.2 Å². The minimum absolute atomic E-state index is 0.118. The maximum absolute atomic E-state index is 12.5. The van der Waals surface area contributed by atoms with Gasteiger partial charge in [0.05, 0.1) is 17.4 Å². The molecule has 0 spiro atoms. The van der Waals surface area contributed by atoms with Crippen LogP contribution in [0.5, 0.6) is 0 Å². The molecule has 0 saturated carbocycles. The summed E-state index contributed by atoms with van der Waals surface area (Å²) >= 11 is 0.942. The lowest BCUT2D eigenvalue weighted by Gasteiger charge is -2.22. The third kappa shape index (κ3) is 3.73. The van der Waals surface area contributed by atoms with Gasteiger partial charge in [0, 0.05) is 18.8 Å². The summed E-state index contributed by atoms with van der Waals surface area (Å²) in [7, 11) is 0. The highest BCUT2D eigenvalue weighted by Crippen LogP contribution is 2.30. The molecule has 2 fully saturated rings. The van der Waals surface area contributed by atoms with Gasteiger partial charge in [-0.1, -0.05) is 11.8 Å². The van der Waals surface area contributed by atoms with Crippen molar-refractivity contribution in [1.29, 1.82) is 0 Å². The minimum Gasteiger partial charge on any atom is -0.322 e. The van der Waals surface area contributed by atoms with Crippen molar-refractivity contribution < 1.29 is 27.6 Å². The first-order valence-electron chi connectivity index (χ1n) is 7.48. The van der Waals surface area contributed by atoms with Crippen molar-refractivity contribution in [1.82, 2.24) is 9.80 Å². The standard InChI is InChI=1S/C15H14F3N3O3S/c16-15(17,18)9-1-3-10(4-2-9)19-13(23)20-6-5-11(7-20)21-12(22)8-25-14(21)24/h1-4,11H,5-8H2,(H,19,23). The molecule has 1 unspecified atom stereocenters. The van der Waals surface area contributed by atoms with Gasteiger partial charge in [-0.3, -0.25) is 14.5 Å². The van der Waals surface area contributed by atoms with Crippen molar-refractivity contribution in [2.45, 2.75) is 18.6 Å². The highest BCUT2D eigenvalue weighted by molar-refractivity contribution is 8.14. The van der Waals surface area contributed by atoms with Gasteiger partial charge < -0.3 is 10.2 Å². The van der Waals surface area contributed by atoms with E-state index in [1.807, 2.05) is 0 Å². The molecule has 6 nitrogen and oxygen atoms in total. The number of hydrogen-bond donors (Lipinski definition) is 1. The lowest BCUT2D eigenvalue weighted by atomic mass is 10.2. The number of alkyl halides is 3. The van der Waals surface area contributed by atoms with Crippen LogP contribution in [0.4, 0.5) is 28.4 Å². The Morgan fingerprint density at radius 1 is 1.20 bits per heavy atom. The van der Waals surface area contributed by atoms with E-state index >= 15 is 0 Å². The Bertz CT molecular complexity index is 692. The molecule has 0 radical (unpaired) electrons. The second-order valence-corrected chi connectivity index (χ2v) is 6.64. The number of halogens is 3. The van der Waals surface area contributed by atoms with Crippen molar-refractivity contribution in [2.24, 2.45) is 0 Å². The maximum Gasteiger partial charge on any atom is 0.416 e. The number of imide groups is 1. The molecule has 2 heterocycles. The molecule has 134 valence electrons. The first-order valence-corrected chi connectivity index (χ1v) is 8.46. The van der Waals surface area contributed by atoms with Crippen LogP contribution in [0.2, 0.25) is 0 Å². The molecule has 1 N–H and O–H groups in total. The van der Waals surface area contributed by atoms with Gasteiger partial charge in [0.1, 0.15) is 0 Å². The summed E-state index contributed by atoms with van der Waals surface area (Å²) in [6.45, 7) is 0.573. The third-order valence-electron chi connectivity index (χ3n) is 4.06. The molecule has 1 aromatic carbocycles. The predicted molar refractivity (Wildman–Crippen MR) is 85.1 cm³/mol. The SMILES string of the molecule is O=C(Nc1ccc(C(F)(F)F)cc1)N1CCC(N2C(=O)CSC2=O)C1. The molecule has 0 aliphatic carbocycles. The number of nitrogens with zero attached hydrogens (tertiary/aromatic N) is 2. The molecular weight excluding hydrogens is 359 g/mol. The largest absolute Gasteiger partial charge is 0.416 e. The van der Waals surface area contributed by atoms with Gasteiger partial charge in [0.25, 0.3) is 5.24 Å². The Morgan fingerprint density at radius 2 is 1.88 bits per heavy atom. The Balaban J connectivity index is 1.59. The molecule has 3 rings (SSSR count). The second-order valence-electron chi connectivity index (χ2n) is 5.71. The molecule has 0 aromatic heterocycles. The van der Waals surface area contributed by atoms with Crippen LogP contribution < -0.4 is 5.32 Å². The summed E-state index contributed by atoms with van der Waals surface area (Å²) in [6.07, 6.45) is -3.95. The third-order valence-corrected chi connectivity index (χ3v) is 4.90. The van der Waals surface area contributed by atoms with Gasteiger partial charge in [0.15, 0.2) is 0 Å². The van der Waals surface area contributed by atoms with Crippen molar-refractivity contribution in [2.75, 3.05) is 24.2 Å². The number of thioether (sulfide) groups is 1. The summed E-state index contributed by atoms with van der Waals surface area (Å²) in [5.74, 6) is -0.141. The van der Waals surface area contributed by atoms with E-state index in [0.29, 0.717) is 13.0 Å². The minimum atomic E-state index is -4.43. The molecule has 1 aromatic rings. The van der Waals surface area contributed by atoms with Crippen molar-refractivity contribution in [3.05, 3.63) is 29.8 Å². The summed E-state index contributed by atoms with van der Waals surface area (Å²) in [5.41, 5.74) is -0.555. The number of anilines is 1. The fourth-order valence-corrected chi connectivity index (χ4v) is 3.58. The Hall–Kier alpha value is -2.23. The summed E-state index contributed by atoms with van der Waals surface area (Å²) in [4.78, 5) is 38.3. The first-order chi connectivity index (χ1) is 11.8. The zero-order chi connectivity index (χ0) is 18.2. The fraction of sp³-hybridized carbons (Fsp3) is 0.400. The van der Waals surface area contributed by atoms with Gasteiger partial charge >= 0.3 is 12.2 Å². The van der Waals surface area contributed by atoms with Gasteiger partial charge in [-0.2, -0.15) is 13.2 Å². The summed E-state index contributed by atoms with van der Waals surface area (Å²) < 4.78 is 37.6. The number of carbonyl (C=O) groups is 3. The number of hydrogen-bond acceptors (Lipinski definition) is 4. The quantitative estimate of drug-likeness (QED) is 0.865. The van der Waals surface area contributed by atoms with E-state index in [2.05, 4.69) is 5.32 Å². The van der Waals surface area contributed by atoms with Gasteiger partial charge in [0.2, 0.25) is 5.91 Å². The van der Waals surface area contributed by atoms with Gasteiger partial charge in [-0.15, -0.1) is 0 Å². The lowest BCUT2D eigenvalue weighted by molar-refractivity contribution is -0.137. The van der Waals surface area contributed by atoms with Crippen molar-refractivity contribution in [3.63, 3.8) is 0 Å². The number of nitrogens with one attached hydrogen (secondary N) is 1. The topological polar surface area (TPSA) is 69.7 Å². The van der Waals surface area contributed by atoms with Crippen LogP contribution in [0.15, 0.2) is 24.3 Å². The molecular formula is C15H14F3N3O3S. The lowest BCUT2D eigenvalue weighted by Crippen LogP contribution is -2.42. The van der Waals surface area contributed by atoms with E-state index < -0.39 is 17.8 Å². The first kappa shape index (κ1) is 17.6. The number of rotatable bonds is 2. The van der Waals surface area contributed by atoms with E-state index in [1.54, 1.807) is 0 Å². The van der Waals surface area contributed by atoms with Crippen LogP contribution in [-0.2, 0) is 11.0 Å². The van der Waals surface area contributed by atoms with Crippen LogP contribution in [-0.4, -0.2) is 51.9 Å². The molecule has 0 bridgehead atoms. The number of likely N-dealkylation sites (tertiary alicyclic amines) is 1. The van der Waals surface area contributed by atoms with Crippen LogP contribution in [0.1, 0.15) is 12.0 Å². The van der Waals surface area contributed by atoms with Crippen LogP contribution in [0.25, 0.3) is 0 Å². The maximum atomic E-state index is 12.5. The van der Waals surface area contributed by atoms with Crippen molar-refractivity contribution >= 4 is 34.6 Å². The summed E-state index contributed by atoms with van der Waals surface area (Å²) in [6, 6.07) is 3.31. The van der Waals surface area contributed by atoms with Crippen LogP contribution in [0.3, 0.4) is 0 Å². The molecule has 4 amide bonds. The molecule has 1 atom stereocenters. The summed E-state index contributed by atoms with van der Waals surface area (Å²) in [5, 5.41) is 2.22. The number of urea groups is 1. The molecule has 2 aliphatic heterocycles. The molecule has 10 heteroatoms. The average molecular weight is 373 g/mol. The van der Waals surface area contributed by atoms with Crippen LogP contribution >= 0.6 is 11.8 Å². The number of amides is 4. The number of benzene rings is 1. The van der Waals surface area contributed by atoms with E-state index in [1.165, 1.54) is 21.9 Å². The Labute approximate surface area is 145 Å². The average Bonchev–Trinajstić information content (AvgIpc) is 3.14. The van der Waals surface area contributed by atoms with Gasteiger partial charge in [-0.25, -0.2) is 4.79 Å². The zero-order valence-electron chi connectivity index (χ0n) is 12.9. The van der Waals surface area contributed by atoms with E-state index in [4.69, 9.17) is 0 Å².